The molecule has 3 aromatic rings. The highest BCUT2D eigenvalue weighted by molar-refractivity contribution is 5.90. The van der Waals surface area contributed by atoms with Crippen LogP contribution in [0.2, 0.25) is 0 Å². The smallest absolute Gasteiger partial charge is 0.343 e. The zero-order chi connectivity index (χ0) is 25.6. The Morgan fingerprint density at radius 2 is 2.00 bits per heavy atom. The van der Waals surface area contributed by atoms with Crippen molar-refractivity contribution in [2.75, 3.05) is 6.54 Å². The SMILES string of the molecule is CC[C@@]1(O)C(=O)OCc2c1cc1n(c2=O)Cc2c-1c(=O)c1cc(F)c(CCNC3CC3)c3c1n2CCC3. The van der Waals surface area contributed by atoms with Gasteiger partial charge in [0, 0.05) is 23.5 Å². The van der Waals surface area contributed by atoms with Crippen LogP contribution in [0.25, 0.3) is 22.2 Å². The molecule has 2 aromatic heterocycles. The molecule has 192 valence electrons. The molecule has 1 aromatic carbocycles. The number of benzene rings is 1. The van der Waals surface area contributed by atoms with Crippen LogP contribution in [0, 0.1) is 5.82 Å². The number of aryl methyl sites for hydroxylation is 2. The van der Waals surface area contributed by atoms with E-state index in [1.807, 2.05) is 0 Å². The lowest BCUT2D eigenvalue weighted by Crippen LogP contribution is -2.44. The van der Waals surface area contributed by atoms with Gasteiger partial charge in [-0.15, -0.1) is 0 Å². The lowest BCUT2D eigenvalue weighted by molar-refractivity contribution is -0.172. The predicted octanol–water partition coefficient (Wildman–Crippen LogP) is 2.23. The number of nitrogens with zero attached hydrogens (tertiary/aromatic N) is 2. The highest BCUT2D eigenvalue weighted by Gasteiger charge is 2.45. The maximum atomic E-state index is 15.5. The average Bonchev–Trinajstić information content (AvgIpc) is 3.64. The Hall–Kier alpha value is -3.30. The summed E-state index contributed by atoms with van der Waals surface area (Å²) in [5, 5.41) is 14.9. The number of carbonyl (C=O) groups is 1. The number of nitrogens with one attached hydrogen (secondary N) is 1. The fraction of sp³-hybridized carbons (Fsp3) is 0.464. The molecule has 7 rings (SSSR count). The van der Waals surface area contributed by atoms with E-state index >= 15 is 4.39 Å². The molecule has 1 aliphatic carbocycles. The molecule has 0 spiro atoms. The van der Waals surface area contributed by atoms with Crippen LogP contribution >= 0.6 is 0 Å². The van der Waals surface area contributed by atoms with E-state index in [1.54, 1.807) is 13.0 Å². The van der Waals surface area contributed by atoms with E-state index in [1.165, 1.54) is 10.6 Å². The number of aliphatic hydroxyl groups is 1. The molecule has 5 heterocycles. The van der Waals surface area contributed by atoms with E-state index in [9.17, 15) is 19.5 Å². The van der Waals surface area contributed by atoms with Gasteiger partial charge in [0.2, 0.25) is 0 Å². The number of pyridine rings is 2. The van der Waals surface area contributed by atoms with Crippen molar-refractivity contribution in [1.29, 1.82) is 0 Å². The minimum absolute atomic E-state index is 0.0312. The zero-order valence-electron chi connectivity index (χ0n) is 20.7. The number of rotatable bonds is 5. The Morgan fingerprint density at radius 3 is 2.76 bits per heavy atom. The molecule has 8 nitrogen and oxygen atoms in total. The Kier molecular flexibility index (Phi) is 4.85. The molecule has 2 N–H and O–H groups in total. The Bertz CT molecular complexity index is 1650. The number of esters is 1. The first-order chi connectivity index (χ1) is 17.8. The lowest BCUT2D eigenvalue weighted by atomic mass is 9.85. The predicted molar refractivity (Wildman–Crippen MR) is 134 cm³/mol. The maximum Gasteiger partial charge on any atom is 0.343 e. The molecular formula is C28H28FN3O5. The van der Waals surface area contributed by atoms with Crippen molar-refractivity contribution in [2.24, 2.45) is 0 Å². The topological polar surface area (TPSA) is 103 Å². The Balaban J connectivity index is 1.45. The van der Waals surface area contributed by atoms with Gasteiger partial charge < -0.3 is 24.3 Å². The van der Waals surface area contributed by atoms with E-state index in [4.69, 9.17) is 4.74 Å². The van der Waals surface area contributed by atoms with Crippen molar-refractivity contribution in [2.45, 2.75) is 76.8 Å². The summed E-state index contributed by atoms with van der Waals surface area (Å²) in [6.45, 7) is 2.99. The van der Waals surface area contributed by atoms with Crippen LogP contribution in [0.5, 0.6) is 0 Å². The van der Waals surface area contributed by atoms with Crippen molar-refractivity contribution >= 4 is 16.9 Å². The van der Waals surface area contributed by atoms with Crippen molar-refractivity contribution in [3.05, 3.63) is 66.5 Å². The highest BCUT2D eigenvalue weighted by Crippen LogP contribution is 2.40. The van der Waals surface area contributed by atoms with Crippen LogP contribution in [0.3, 0.4) is 0 Å². The summed E-state index contributed by atoms with van der Waals surface area (Å²) in [5.41, 5.74) is 1.53. The summed E-state index contributed by atoms with van der Waals surface area (Å²) >= 11 is 0. The minimum Gasteiger partial charge on any atom is -0.458 e. The first-order valence-corrected chi connectivity index (χ1v) is 13.1. The average molecular weight is 506 g/mol. The van der Waals surface area contributed by atoms with Gasteiger partial charge in [0.1, 0.15) is 12.4 Å². The fourth-order valence-electron chi connectivity index (χ4n) is 6.48. The van der Waals surface area contributed by atoms with Gasteiger partial charge in [-0.25, -0.2) is 9.18 Å². The van der Waals surface area contributed by atoms with Gasteiger partial charge in [-0.2, -0.15) is 0 Å². The molecule has 0 radical (unpaired) electrons. The summed E-state index contributed by atoms with van der Waals surface area (Å²) in [5.74, 6) is -1.17. The van der Waals surface area contributed by atoms with Crippen LogP contribution in [0.4, 0.5) is 4.39 Å². The first kappa shape index (κ1) is 22.9. The molecule has 1 fully saturated rings. The third kappa shape index (κ3) is 3.10. The summed E-state index contributed by atoms with van der Waals surface area (Å²) < 4.78 is 24.2. The molecule has 4 aliphatic rings. The van der Waals surface area contributed by atoms with Gasteiger partial charge in [0.15, 0.2) is 11.0 Å². The quantitative estimate of drug-likeness (QED) is 0.404. The zero-order valence-corrected chi connectivity index (χ0v) is 20.7. The summed E-state index contributed by atoms with van der Waals surface area (Å²) in [4.78, 5) is 39.9. The van der Waals surface area contributed by atoms with Crippen molar-refractivity contribution < 1.29 is 19.0 Å². The number of carbonyl (C=O) groups excluding carboxylic acids is 1. The molecule has 1 saturated carbocycles. The first-order valence-electron chi connectivity index (χ1n) is 13.1. The summed E-state index contributed by atoms with van der Waals surface area (Å²) in [6.07, 6.45) is 4.44. The second kappa shape index (κ2) is 7.85. The van der Waals surface area contributed by atoms with Gasteiger partial charge in [-0.1, -0.05) is 6.92 Å². The minimum atomic E-state index is -1.95. The molecule has 3 aliphatic heterocycles. The third-order valence-electron chi connectivity index (χ3n) is 8.62. The molecule has 0 saturated heterocycles. The van der Waals surface area contributed by atoms with Gasteiger partial charge in [-0.05, 0) is 68.3 Å². The lowest BCUT2D eigenvalue weighted by Gasteiger charge is -2.31. The van der Waals surface area contributed by atoms with Gasteiger partial charge in [0.05, 0.1) is 34.6 Å². The van der Waals surface area contributed by atoms with Gasteiger partial charge >= 0.3 is 5.97 Å². The Labute approximate surface area is 211 Å². The second-order valence-corrected chi connectivity index (χ2v) is 10.7. The van der Waals surface area contributed by atoms with E-state index in [0.29, 0.717) is 54.2 Å². The normalized spacial score (nSPS) is 21.5. The van der Waals surface area contributed by atoms with Crippen molar-refractivity contribution in [3.8, 4) is 11.3 Å². The molecular weight excluding hydrogens is 477 g/mol. The highest BCUT2D eigenvalue weighted by atomic mass is 19.1. The van der Waals surface area contributed by atoms with Crippen LogP contribution in [0.15, 0.2) is 21.7 Å². The molecule has 0 unspecified atom stereocenters. The van der Waals surface area contributed by atoms with Crippen molar-refractivity contribution in [1.82, 2.24) is 14.5 Å². The van der Waals surface area contributed by atoms with Gasteiger partial charge in [-0.3, -0.25) is 9.59 Å². The van der Waals surface area contributed by atoms with E-state index in [-0.39, 0.29) is 47.5 Å². The standard InChI is InChI=1S/C28H28FN3O5/c1-2-28(36)19-11-21-23-22(12-32(21)26(34)18(19)13-37-27(28)35)31-9-3-4-16-15(7-8-30-14-5-6-14)20(29)10-17(24(16)31)25(23)33/h10-11,14,30,36H,2-9,12-13H2,1H3/t28-/m0/s1. The van der Waals surface area contributed by atoms with Crippen molar-refractivity contribution in [3.63, 3.8) is 0 Å². The van der Waals surface area contributed by atoms with Crippen LogP contribution in [-0.4, -0.2) is 32.8 Å². The molecule has 37 heavy (non-hydrogen) atoms. The third-order valence-corrected chi connectivity index (χ3v) is 8.62. The number of cyclic esters (lactones) is 1. The molecule has 0 amide bonds. The number of aromatic nitrogens is 2. The fourth-order valence-corrected chi connectivity index (χ4v) is 6.48. The molecule has 9 heteroatoms. The summed E-state index contributed by atoms with van der Waals surface area (Å²) in [6, 6.07) is 3.48. The van der Waals surface area contributed by atoms with E-state index in [0.717, 1.165) is 36.0 Å². The maximum absolute atomic E-state index is 15.5. The number of halogens is 1. The number of hydrogen-bond acceptors (Lipinski definition) is 6. The van der Waals surface area contributed by atoms with E-state index < -0.39 is 11.6 Å². The Morgan fingerprint density at radius 1 is 1.19 bits per heavy atom. The summed E-state index contributed by atoms with van der Waals surface area (Å²) in [7, 11) is 0. The van der Waals surface area contributed by atoms with Crippen LogP contribution in [-0.2, 0) is 47.7 Å². The molecule has 0 bridgehead atoms. The van der Waals surface area contributed by atoms with Crippen LogP contribution < -0.4 is 16.3 Å². The number of fused-ring (bicyclic) bond motifs is 5. The van der Waals surface area contributed by atoms with E-state index in [2.05, 4.69) is 9.88 Å². The number of hydrogen-bond donors (Lipinski definition) is 2. The number of ether oxygens (including phenoxy) is 1. The largest absolute Gasteiger partial charge is 0.458 e. The molecule has 1 atom stereocenters. The monoisotopic (exact) mass is 505 g/mol. The van der Waals surface area contributed by atoms with Gasteiger partial charge in [0.25, 0.3) is 5.56 Å². The second-order valence-electron chi connectivity index (χ2n) is 10.7. The van der Waals surface area contributed by atoms with Crippen LogP contribution in [0.1, 0.15) is 60.6 Å².